The van der Waals surface area contributed by atoms with Crippen LogP contribution in [-0.4, -0.2) is 33.3 Å². The first kappa shape index (κ1) is 23.4. The van der Waals surface area contributed by atoms with Crippen molar-refractivity contribution in [3.05, 3.63) is 65.7 Å². The highest BCUT2D eigenvalue weighted by Crippen LogP contribution is 2.36. The Morgan fingerprint density at radius 1 is 0.969 bits per heavy atom. The summed E-state index contributed by atoms with van der Waals surface area (Å²) in [7, 11) is 3.07. The fourth-order valence-corrected chi connectivity index (χ4v) is 3.20. The number of alkyl halides is 3. The van der Waals surface area contributed by atoms with Gasteiger partial charge in [0.25, 0.3) is 0 Å². The molecule has 3 aromatic rings. The van der Waals surface area contributed by atoms with Crippen molar-refractivity contribution in [2.45, 2.75) is 19.0 Å². The van der Waals surface area contributed by atoms with Gasteiger partial charge >= 0.3 is 6.18 Å². The summed E-state index contributed by atoms with van der Waals surface area (Å²) in [4.78, 5) is 12.9. The SMILES string of the molecule is COCCOc1ccc(C(F)(F)F)cc1NC(=O)C(C)c1ccc2cc(OC)ccc2c1. The van der Waals surface area contributed by atoms with Crippen LogP contribution in [0.2, 0.25) is 0 Å². The van der Waals surface area contributed by atoms with E-state index in [1.165, 1.54) is 13.2 Å². The van der Waals surface area contributed by atoms with E-state index in [2.05, 4.69) is 5.32 Å². The minimum absolute atomic E-state index is 0.0432. The third-order valence-electron chi connectivity index (χ3n) is 5.07. The first-order valence-electron chi connectivity index (χ1n) is 9.94. The van der Waals surface area contributed by atoms with E-state index in [0.29, 0.717) is 0 Å². The van der Waals surface area contributed by atoms with E-state index >= 15 is 0 Å². The molecule has 1 atom stereocenters. The van der Waals surface area contributed by atoms with Gasteiger partial charge < -0.3 is 19.5 Å². The molecule has 1 N–H and O–H groups in total. The van der Waals surface area contributed by atoms with E-state index in [4.69, 9.17) is 14.2 Å². The second kappa shape index (κ2) is 9.91. The molecule has 5 nitrogen and oxygen atoms in total. The van der Waals surface area contributed by atoms with Gasteiger partial charge in [-0.25, -0.2) is 0 Å². The van der Waals surface area contributed by atoms with Crippen LogP contribution in [0.15, 0.2) is 54.6 Å². The van der Waals surface area contributed by atoms with Crippen LogP contribution < -0.4 is 14.8 Å². The molecular weight excluding hydrogens is 423 g/mol. The lowest BCUT2D eigenvalue weighted by Gasteiger charge is -2.18. The van der Waals surface area contributed by atoms with Gasteiger partial charge in [0.05, 0.1) is 30.9 Å². The van der Waals surface area contributed by atoms with Gasteiger partial charge in [-0.05, 0) is 53.6 Å². The second-order valence-electron chi connectivity index (χ2n) is 7.23. The van der Waals surface area contributed by atoms with Gasteiger partial charge in [-0.1, -0.05) is 24.3 Å². The number of anilines is 1. The van der Waals surface area contributed by atoms with Gasteiger partial charge in [-0.2, -0.15) is 13.2 Å². The maximum atomic E-state index is 13.2. The predicted octanol–water partition coefficient (Wildman–Crippen LogP) is 5.63. The lowest BCUT2D eigenvalue weighted by Crippen LogP contribution is -2.20. The molecule has 0 fully saturated rings. The molecule has 0 aliphatic heterocycles. The summed E-state index contributed by atoms with van der Waals surface area (Å²) < 4.78 is 55.2. The molecule has 0 heterocycles. The molecule has 0 aliphatic carbocycles. The molecule has 0 radical (unpaired) electrons. The zero-order chi connectivity index (χ0) is 23.3. The van der Waals surface area contributed by atoms with Crippen molar-refractivity contribution in [3.8, 4) is 11.5 Å². The molecule has 0 bridgehead atoms. The molecule has 8 heteroatoms. The smallest absolute Gasteiger partial charge is 0.416 e. The van der Waals surface area contributed by atoms with Crippen molar-refractivity contribution in [1.82, 2.24) is 0 Å². The second-order valence-corrected chi connectivity index (χ2v) is 7.23. The van der Waals surface area contributed by atoms with Crippen molar-refractivity contribution in [3.63, 3.8) is 0 Å². The van der Waals surface area contributed by atoms with Gasteiger partial charge in [0.1, 0.15) is 18.1 Å². The van der Waals surface area contributed by atoms with Crippen LogP contribution in [0.4, 0.5) is 18.9 Å². The number of benzene rings is 3. The molecule has 0 saturated heterocycles. The van der Waals surface area contributed by atoms with Crippen LogP contribution in [0.5, 0.6) is 11.5 Å². The highest BCUT2D eigenvalue weighted by atomic mass is 19.4. The Morgan fingerprint density at radius 3 is 2.38 bits per heavy atom. The van der Waals surface area contributed by atoms with Crippen molar-refractivity contribution in [2.75, 3.05) is 32.8 Å². The van der Waals surface area contributed by atoms with Crippen LogP contribution in [-0.2, 0) is 15.7 Å². The minimum Gasteiger partial charge on any atom is -0.497 e. The molecule has 3 aromatic carbocycles. The van der Waals surface area contributed by atoms with Gasteiger partial charge in [-0.3, -0.25) is 4.79 Å². The average Bonchev–Trinajstić information content (AvgIpc) is 2.78. The zero-order valence-electron chi connectivity index (χ0n) is 18.0. The average molecular weight is 447 g/mol. The van der Waals surface area contributed by atoms with Crippen molar-refractivity contribution >= 4 is 22.4 Å². The molecule has 170 valence electrons. The molecule has 0 aromatic heterocycles. The first-order valence-corrected chi connectivity index (χ1v) is 9.94. The van der Waals surface area contributed by atoms with E-state index < -0.39 is 23.6 Å². The van der Waals surface area contributed by atoms with Crippen LogP contribution in [0, 0.1) is 0 Å². The van der Waals surface area contributed by atoms with Crippen LogP contribution in [0.25, 0.3) is 10.8 Å². The van der Waals surface area contributed by atoms with E-state index in [9.17, 15) is 18.0 Å². The van der Waals surface area contributed by atoms with Crippen molar-refractivity contribution in [2.24, 2.45) is 0 Å². The molecule has 32 heavy (non-hydrogen) atoms. The Morgan fingerprint density at radius 2 is 1.69 bits per heavy atom. The topological polar surface area (TPSA) is 56.8 Å². The molecule has 1 unspecified atom stereocenters. The number of carbonyl (C=O) groups excluding carboxylic acids is 1. The van der Waals surface area contributed by atoms with Crippen LogP contribution in [0.1, 0.15) is 24.0 Å². The Labute approximate surface area is 184 Å². The number of amides is 1. The molecule has 1 amide bonds. The quantitative estimate of drug-likeness (QED) is 0.455. The summed E-state index contributed by atoms with van der Waals surface area (Å²) in [6, 6.07) is 14.1. The fraction of sp³-hybridized carbons (Fsp3) is 0.292. The summed E-state index contributed by atoms with van der Waals surface area (Å²) in [5, 5.41) is 4.46. The normalized spacial score (nSPS) is 12.4. The molecular formula is C24H24F3NO4. The number of methoxy groups -OCH3 is 2. The van der Waals surface area contributed by atoms with Gasteiger partial charge in [-0.15, -0.1) is 0 Å². The lowest BCUT2D eigenvalue weighted by molar-refractivity contribution is -0.137. The monoisotopic (exact) mass is 447 g/mol. The largest absolute Gasteiger partial charge is 0.497 e. The fourth-order valence-electron chi connectivity index (χ4n) is 3.20. The summed E-state index contributed by atoms with van der Waals surface area (Å²) in [6.45, 7) is 2.08. The summed E-state index contributed by atoms with van der Waals surface area (Å²) in [5.74, 6) is -0.195. The summed E-state index contributed by atoms with van der Waals surface area (Å²) in [6.07, 6.45) is -4.55. The number of nitrogens with one attached hydrogen (secondary N) is 1. The van der Waals surface area contributed by atoms with Crippen molar-refractivity contribution in [1.29, 1.82) is 0 Å². The molecule has 3 rings (SSSR count). The summed E-state index contributed by atoms with van der Waals surface area (Å²) >= 11 is 0. The zero-order valence-corrected chi connectivity index (χ0v) is 18.0. The maximum absolute atomic E-state index is 13.2. The van der Waals surface area contributed by atoms with E-state index in [1.807, 2.05) is 36.4 Å². The molecule has 0 saturated carbocycles. The number of hydrogen-bond acceptors (Lipinski definition) is 4. The van der Waals surface area contributed by atoms with Crippen molar-refractivity contribution < 1.29 is 32.2 Å². The third-order valence-corrected chi connectivity index (χ3v) is 5.07. The van der Waals surface area contributed by atoms with Gasteiger partial charge in [0, 0.05) is 7.11 Å². The van der Waals surface area contributed by atoms with Crippen LogP contribution in [0.3, 0.4) is 0 Å². The van der Waals surface area contributed by atoms with Crippen LogP contribution >= 0.6 is 0 Å². The minimum atomic E-state index is -4.55. The lowest BCUT2D eigenvalue weighted by atomic mass is 9.97. The van der Waals surface area contributed by atoms with Gasteiger partial charge in [0.2, 0.25) is 5.91 Å². The first-order chi connectivity index (χ1) is 15.2. The van der Waals surface area contributed by atoms with E-state index in [1.54, 1.807) is 14.0 Å². The van der Waals surface area contributed by atoms with Gasteiger partial charge in [0.15, 0.2) is 0 Å². The number of halogens is 3. The Balaban J connectivity index is 1.85. The number of carbonyl (C=O) groups is 1. The Kier molecular flexibility index (Phi) is 7.25. The number of hydrogen-bond donors (Lipinski definition) is 1. The number of ether oxygens (including phenoxy) is 3. The predicted molar refractivity (Wildman–Crippen MR) is 116 cm³/mol. The molecule has 0 spiro atoms. The highest BCUT2D eigenvalue weighted by Gasteiger charge is 2.31. The summed E-state index contributed by atoms with van der Waals surface area (Å²) in [5.41, 5.74) is -0.188. The standard InChI is InChI=1S/C24H24F3NO4/c1-15(16-4-5-18-13-20(31-3)8-6-17(18)12-16)23(29)28-21-14-19(24(25,26)27)7-9-22(21)32-11-10-30-2/h4-9,12-15H,10-11H2,1-3H3,(H,28,29). The maximum Gasteiger partial charge on any atom is 0.416 e. The number of fused-ring (bicyclic) bond motifs is 1. The Hall–Kier alpha value is -3.26. The molecule has 0 aliphatic rings. The van der Waals surface area contributed by atoms with E-state index in [-0.39, 0.29) is 24.7 Å². The number of rotatable bonds is 8. The van der Waals surface area contributed by atoms with E-state index in [0.717, 1.165) is 34.2 Å². The highest BCUT2D eigenvalue weighted by molar-refractivity contribution is 5.97. The third kappa shape index (κ3) is 5.50. The Bertz CT molecular complexity index is 1100.